The molecule has 3 N–H and O–H groups in total. The van der Waals surface area contributed by atoms with Gasteiger partial charge < -0.3 is 10.8 Å². The third kappa shape index (κ3) is 3.08. The maximum Gasteiger partial charge on any atom is 0.147 e. The van der Waals surface area contributed by atoms with Crippen LogP contribution in [-0.2, 0) is 0 Å². The molecule has 3 heteroatoms. The van der Waals surface area contributed by atoms with E-state index >= 15 is 0 Å². The predicted octanol–water partition coefficient (Wildman–Crippen LogP) is 1.53. The van der Waals surface area contributed by atoms with Crippen LogP contribution in [0, 0.1) is 17.7 Å². The average molecular weight is 193 g/mol. The minimum Gasteiger partial charge on any atom is -0.396 e. The molecule has 0 unspecified atom stereocenters. The number of anilines is 1. The highest BCUT2D eigenvalue weighted by molar-refractivity contribution is 5.46. The molecule has 0 fully saturated rings. The van der Waals surface area contributed by atoms with Crippen molar-refractivity contribution in [3.8, 4) is 11.8 Å². The van der Waals surface area contributed by atoms with Crippen molar-refractivity contribution in [1.29, 1.82) is 0 Å². The highest BCUT2D eigenvalue weighted by Gasteiger charge is 1.96. The first kappa shape index (κ1) is 10.6. The van der Waals surface area contributed by atoms with Crippen LogP contribution in [0.4, 0.5) is 10.1 Å². The molecular formula is C11H12FNO. The second-order valence-corrected chi connectivity index (χ2v) is 2.87. The summed E-state index contributed by atoms with van der Waals surface area (Å²) in [5, 5.41) is 8.50. The molecule has 74 valence electrons. The Morgan fingerprint density at radius 2 is 2.21 bits per heavy atom. The second-order valence-electron chi connectivity index (χ2n) is 2.87. The molecule has 0 radical (unpaired) electrons. The van der Waals surface area contributed by atoms with E-state index in [2.05, 4.69) is 11.8 Å². The zero-order valence-corrected chi connectivity index (χ0v) is 7.76. The molecule has 0 spiro atoms. The van der Waals surface area contributed by atoms with Gasteiger partial charge in [0.05, 0.1) is 5.69 Å². The number of hydrogen-bond donors (Lipinski definition) is 2. The summed E-state index contributed by atoms with van der Waals surface area (Å²) in [5.74, 6) is 5.18. The van der Waals surface area contributed by atoms with Crippen molar-refractivity contribution in [2.75, 3.05) is 12.3 Å². The average Bonchev–Trinajstić information content (AvgIpc) is 2.18. The van der Waals surface area contributed by atoms with Gasteiger partial charge in [-0.1, -0.05) is 11.8 Å². The molecule has 0 amide bonds. The molecule has 0 saturated carbocycles. The van der Waals surface area contributed by atoms with Crippen LogP contribution in [-0.4, -0.2) is 11.7 Å². The Labute approximate surface area is 82.6 Å². The Morgan fingerprint density at radius 3 is 2.86 bits per heavy atom. The molecule has 0 heterocycles. The van der Waals surface area contributed by atoms with E-state index in [1.807, 2.05) is 0 Å². The maximum absolute atomic E-state index is 12.9. The van der Waals surface area contributed by atoms with Crippen molar-refractivity contribution in [3.63, 3.8) is 0 Å². The molecule has 0 bridgehead atoms. The molecule has 0 aliphatic carbocycles. The standard InChI is InChI=1S/C11H12FNO/c12-10-8-9(5-6-11(10)13)4-2-1-3-7-14/h5-6,8,14H,1,3,7,13H2. The van der Waals surface area contributed by atoms with Gasteiger partial charge in [-0.2, -0.15) is 0 Å². The molecule has 1 rings (SSSR count). The fraction of sp³-hybridized carbons (Fsp3) is 0.273. The summed E-state index contributed by atoms with van der Waals surface area (Å²) in [7, 11) is 0. The monoisotopic (exact) mass is 193 g/mol. The van der Waals surface area contributed by atoms with Gasteiger partial charge in [-0.3, -0.25) is 0 Å². The summed E-state index contributed by atoms with van der Waals surface area (Å²) in [6, 6.07) is 4.47. The molecular weight excluding hydrogens is 181 g/mol. The van der Waals surface area contributed by atoms with Crippen LogP contribution in [0.15, 0.2) is 18.2 Å². The van der Waals surface area contributed by atoms with Gasteiger partial charge >= 0.3 is 0 Å². The number of rotatable bonds is 2. The zero-order chi connectivity index (χ0) is 10.4. The van der Waals surface area contributed by atoms with Crippen LogP contribution in [0.3, 0.4) is 0 Å². The van der Waals surface area contributed by atoms with Crippen molar-refractivity contribution in [1.82, 2.24) is 0 Å². The van der Waals surface area contributed by atoms with Crippen molar-refractivity contribution >= 4 is 5.69 Å². The topological polar surface area (TPSA) is 46.2 Å². The normalized spacial score (nSPS) is 9.29. The van der Waals surface area contributed by atoms with Gasteiger partial charge in [0.25, 0.3) is 0 Å². The predicted molar refractivity (Wildman–Crippen MR) is 54.0 cm³/mol. The van der Waals surface area contributed by atoms with Crippen LogP contribution >= 0.6 is 0 Å². The first-order chi connectivity index (χ1) is 6.74. The number of hydrogen-bond acceptors (Lipinski definition) is 2. The van der Waals surface area contributed by atoms with Crippen molar-refractivity contribution in [2.45, 2.75) is 12.8 Å². The molecule has 0 aliphatic heterocycles. The molecule has 0 aliphatic rings. The van der Waals surface area contributed by atoms with E-state index < -0.39 is 5.82 Å². The lowest BCUT2D eigenvalue weighted by atomic mass is 10.2. The van der Waals surface area contributed by atoms with Gasteiger partial charge in [0, 0.05) is 18.6 Å². The molecule has 2 nitrogen and oxygen atoms in total. The SMILES string of the molecule is Nc1ccc(C#CCCCO)cc1F. The molecule has 0 atom stereocenters. The van der Waals surface area contributed by atoms with Gasteiger partial charge in [0.15, 0.2) is 0 Å². The van der Waals surface area contributed by atoms with Gasteiger partial charge in [-0.05, 0) is 24.6 Å². The van der Waals surface area contributed by atoms with Gasteiger partial charge in [-0.25, -0.2) is 4.39 Å². The third-order valence-corrected chi connectivity index (χ3v) is 1.69. The maximum atomic E-state index is 12.9. The Morgan fingerprint density at radius 1 is 1.43 bits per heavy atom. The lowest BCUT2D eigenvalue weighted by Gasteiger charge is -1.95. The molecule has 0 saturated heterocycles. The van der Waals surface area contributed by atoms with E-state index in [0.717, 1.165) is 0 Å². The summed E-state index contributed by atoms with van der Waals surface area (Å²) < 4.78 is 12.9. The van der Waals surface area contributed by atoms with Gasteiger partial charge in [0.1, 0.15) is 5.82 Å². The summed E-state index contributed by atoms with van der Waals surface area (Å²) in [6.07, 6.45) is 1.26. The second kappa shape index (κ2) is 5.25. The fourth-order valence-electron chi connectivity index (χ4n) is 0.937. The van der Waals surface area contributed by atoms with E-state index in [-0.39, 0.29) is 12.3 Å². The minimum atomic E-state index is -0.445. The number of unbranched alkanes of at least 4 members (excludes halogenated alkanes) is 1. The Bertz CT molecular complexity index is 365. The minimum absolute atomic E-state index is 0.130. The largest absolute Gasteiger partial charge is 0.396 e. The Kier molecular flexibility index (Phi) is 3.96. The molecule has 1 aromatic carbocycles. The fourth-order valence-corrected chi connectivity index (χ4v) is 0.937. The summed E-state index contributed by atoms with van der Waals surface area (Å²) in [4.78, 5) is 0. The van der Waals surface area contributed by atoms with E-state index in [1.54, 1.807) is 6.07 Å². The number of nitrogen functional groups attached to an aromatic ring is 1. The summed E-state index contributed by atoms with van der Waals surface area (Å²) in [6.45, 7) is 0.130. The zero-order valence-electron chi connectivity index (χ0n) is 7.76. The third-order valence-electron chi connectivity index (χ3n) is 1.69. The van der Waals surface area contributed by atoms with Crippen LogP contribution in [0.2, 0.25) is 0 Å². The quantitative estimate of drug-likeness (QED) is 0.425. The number of nitrogens with two attached hydrogens (primary N) is 1. The highest BCUT2D eigenvalue weighted by atomic mass is 19.1. The van der Waals surface area contributed by atoms with E-state index in [1.165, 1.54) is 12.1 Å². The van der Waals surface area contributed by atoms with Crippen LogP contribution in [0.5, 0.6) is 0 Å². The van der Waals surface area contributed by atoms with E-state index in [9.17, 15) is 4.39 Å². The molecule has 1 aromatic rings. The van der Waals surface area contributed by atoms with Crippen LogP contribution in [0.25, 0.3) is 0 Å². The van der Waals surface area contributed by atoms with E-state index in [4.69, 9.17) is 10.8 Å². The van der Waals surface area contributed by atoms with Gasteiger partial charge in [-0.15, -0.1) is 0 Å². The van der Waals surface area contributed by atoms with Crippen molar-refractivity contribution in [3.05, 3.63) is 29.6 Å². The molecule has 14 heavy (non-hydrogen) atoms. The lowest BCUT2D eigenvalue weighted by molar-refractivity contribution is 0.290. The number of halogens is 1. The van der Waals surface area contributed by atoms with Crippen LogP contribution in [0.1, 0.15) is 18.4 Å². The summed E-state index contributed by atoms with van der Waals surface area (Å²) in [5.41, 5.74) is 6.05. The van der Waals surface area contributed by atoms with Crippen molar-refractivity contribution in [2.24, 2.45) is 0 Å². The smallest absolute Gasteiger partial charge is 0.147 e. The number of benzene rings is 1. The van der Waals surface area contributed by atoms with Crippen molar-refractivity contribution < 1.29 is 9.50 Å². The first-order valence-corrected chi connectivity index (χ1v) is 4.39. The van der Waals surface area contributed by atoms with Gasteiger partial charge in [0.2, 0.25) is 0 Å². The van der Waals surface area contributed by atoms with Crippen LogP contribution < -0.4 is 5.73 Å². The molecule has 0 aromatic heterocycles. The lowest BCUT2D eigenvalue weighted by Crippen LogP contribution is -1.90. The number of aliphatic hydroxyl groups excluding tert-OH is 1. The van der Waals surface area contributed by atoms with E-state index in [0.29, 0.717) is 18.4 Å². The highest BCUT2D eigenvalue weighted by Crippen LogP contribution is 2.10. The summed E-state index contributed by atoms with van der Waals surface area (Å²) >= 11 is 0. The Hall–Kier alpha value is -1.53. The number of aliphatic hydroxyl groups is 1. The Balaban J connectivity index is 2.66. The first-order valence-electron chi connectivity index (χ1n) is 4.39.